The minimum absolute atomic E-state index is 0.132. The smallest absolute Gasteiger partial charge is 0.412 e. The highest BCUT2D eigenvalue weighted by Crippen LogP contribution is 2.33. The Labute approximate surface area is 204 Å². The molecule has 35 heavy (non-hydrogen) atoms. The summed E-state index contributed by atoms with van der Waals surface area (Å²) in [6, 6.07) is 8.87. The second-order valence-electron chi connectivity index (χ2n) is 9.09. The Morgan fingerprint density at radius 3 is 2.57 bits per heavy atom. The van der Waals surface area contributed by atoms with Crippen LogP contribution in [-0.2, 0) is 7.05 Å². The summed E-state index contributed by atoms with van der Waals surface area (Å²) in [5.41, 5.74) is 2.15. The maximum absolute atomic E-state index is 14.8. The van der Waals surface area contributed by atoms with E-state index in [0.717, 1.165) is 21.4 Å². The average molecular weight is 492 g/mol. The Balaban J connectivity index is 1.53. The fourth-order valence-electron chi connectivity index (χ4n) is 3.91. The van der Waals surface area contributed by atoms with Gasteiger partial charge < -0.3 is 5.11 Å². The van der Waals surface area contributed by atoms with E-state index in [-0.39, 0.29) is 5.65 Å². The number of halogens is 1. The normalized spacial score (nSPS) is 11.9. The molecule has 0 radical (unpaired) electrons. The van der Waals surface area contributed by atoms with Crippen molar-refractivity contribution in [3.8, 4) is 11.1 Å². The van der Waals surface area contributed by atoms with Crippen LogP contribution >= 0.6 is 11.8 Å². The van der Waals surface area contributed by atoms with Crippen molar-refractivity contribution in [2.45, 2.75) is 36.4 Å². The fraction of sp³-hybridized carbons (Fsp3) is 0.208. The monoisotopic (exact) mass is 491 g/mol. The maximum atomic E-state index is 14.8. The summed E-state index contributed by atoms with van der Waals surface area (Å²) in [6.07, 6.45) is 5.77. The summed E-state index contributed by atoms with van der Waals surface area (Å²) in [7, 11) is 1.80. The standard InChI is InChI=1S/C24H22FN7O2S/c1-24(2,3)32(23(33)34)17-7-14-8-18(5-6-20(14)26-11-17)35-22-29-28-21-19(25)9-15(13-31(21)22)16-10-27-30(4)12-16/h5-13H,1-4H3,(H,33,34). The fourth-order valence-corrected chi connectivity index (χ4v) is 4.76. The molecule has 0 atom stereocenters. The number of aryl methyl sites for hydroxylation is 1. The number of aromatic nitrogens is 6. The second kappa shape index (κ2) is 8.35. The van der Waals surface area contributed by atoms with Gasteiger partial charge in [0.1, 0.15) is 0 Å². The van der Waals surface area contributed by atoms with E-state index < -0.39 is 17.4 Å². The van der Waals surface area contributed by atoms with Gasteiger partial charge in [-0.1, -0.05) is 0 Å². The van der Waals surface area contributed by atoms with Crippen LogP contribution in [0.5, 0.6) is 0 Å². The Bertz CT molecular complexity index is 1590. The van der Waals surface area contributed by atoms with Gasteiger partial charge in [-0.15, -0.1) is 10.2 Å². The molecule has 9 nitrogen and oxygen atoms in total. The second-order valence-corrected chi connectivity index (χ2v) is 10.1. The van der Waals surface area contributed by atoms with Crippen molar-refractivity contribution < 1.29 is 14.3 Å². The summed E-state index contributed by atoms with van der Waals surface area (Å²) in [6.45, 7) is 5.48. The summed E-state index contributed by atoms with van der Waals surface area (Å²) >= 11 is 1.33. The molecule has 0 aliphatic rings. The Hall–Kier alpha value is -3.99. The number of carboxylic acid groups (broad SMARTS) is 1. The number of amides is 1. The summed E-state index contributed by atoms with van der Waals surface area (Å²) in [5.74, 6) is -0.478. The molecule has 0 saturated heterocycles. The first-order chi connectivity index (χ1) is 16.6. The minimum Gasteiger partial charge on any atom is -0.465 e. The van der Waals surface area contributed by atoms with Crippen LogP contribution in [0.25, 0.3) is 27.7 Å². The predicted octanol–water partition coefficient (Wildman–Crippen LogP) is 5.25. The van der Waals surface area contributed by atoms with Gasteiger partial charge >= 0.3 is 6.09 Å². The first-order valence-electron chi connectivity index (χ1n) is 10.7. The zero-order valence-corrected chi connectivity index (χ0v) is 20.3. The highest BCUT2D eigenvalue weighted by Gasteiger charge is 2.28. The molecule has 4 heterocycles. The van der Waals surface area contributed by atoms with Crippen LogP contribution in [0, 0.1) is 5.82 Å². The van der Waals surface area contributed by atoms with Crippen molar-refractivity contribution in [1.29, 1.82) is 0 Å². The minimum atomic E-state index is -1.05. The predicted molar refractivity (Wildman–Crippen MR) is 131 cm³/mol. The number of fused-ring (bicyclic) bond motifs is 2. The highest BCUT2D eigenvalue weighted by atomic mass is 32.2. The number of hydrogen-bond donors (Lipinski definition) is 1. The van der Waals surface area contributed by atoms with E-state index in [1.807, 2.05) is 45.2 Å². The molecule has 1 N–H and O–H groups in total. The number of anilines is 1. The lowest BCUT2D eigenvalue weighted by molar-refractivity contribution is 0.195. The van der Waals surface area contributed by atoms with Gasteiger partial charge in [-0.2, -0.15) is 5.10 Å². The van der Waals surface area contributed by atoms with Crippen molar-refractivity contribution in [2.24, 2.45) is 7.05 Å². The Morgan fingerprint density at radius 2 is 1.89 bits per heavy atom. The number of nitrogens with zero attached hydrogens (tertiary/aromatic N) is 7. The third-order valence-electron chi connectivity index (χ3n) is 5.43. The quantitative estimate of drug-likeness (QED) is 0.366. The molecule has 0 saturated carbocycles. The molecule has 0 spiro atoms. The van der Waals surface area contributed by atoms with E-state index in [9.17, 15) is 14.3 Å². The lowest BCUT2D eigenvalue weighted by Gasteiger charge is -2.32. The topological polar surface area (TPSA) is 101 Å². The molecule has 5 aromatic rings. The van der Waals surface area contributed by atoms with E-state index in [4.69, 9.17) is 0 Å². The van der Waals surface area contributed by atoms with E-state index in [2.05, 4.69) is 20.3 Å². The lowest BCUT2D eigenvalue weighted by atomic mass is 10.1. The van der Waals surface area contributed by atoms with Crippen LogP contribution in [0.1, 0.15) is 20.8 Å². The zero-order valence-electron chi connectivity index (χ0n) is 19.5. The van der Waals surface area contributed by atoms with Crippen LogP contribution in [-0.4, -0.2) is 46.1 Å². The molecule has 0 aliphatic carbocycles. The van der Waals surface area contributed by atoms with Gasteiger partial charge in [-0.3, -0.25) is 19.0 Å². The summed E-state index contributed by atoms with van der Waals surface area (Å²) in [4.78, 5) is 18.4. The number of rotatable bonds is 4. The van der Waals surface area contributed by atoms with E-state index in [1.54, 1.807) is 40.8 Å². The van der Waals surface area contributed by atoms with Gasteiger partial charge in [0.25, 0.3) is 0 Å². The van der Waals surface area contributed by atoms with Gasteiger partial charge in [0.05, 0.1) is 23.6 Å². The Morgan fingerprint density at radius 1 is 1.09 bits per heavy atom. The molecule has 0 unspecified atom stereocenters. The van der Waals surface area contributed by atoms with Crippen LogP contribution in [0.3, 0.4) is 0 Å². The number of carbonyl (C=O) groups is 1. The first kappa shape index (κ1) is 22.8. The molecule has 4 aromatic heterocycles. The van der Waals surface area contributed by atoms with Gasteiger partial charge in [0, 0.05) is 46.4 Å². The van der Waals surface area contributed by atoms with E-state index >= 15 is 0 Å². The number of hydrogen-bond acceptors (Lipinski definition) is 6. The van der Waals surface area contributed by atoms with Crippen molar-refractivity contribution in [1.82, 2.24) is 29.4 Å². The molecule has 0 aliphatic heterocycles. The van der Waals surface area contributed by atoms with Crippen LogP contribution in [0.2, 0.25) is 0 Å². The highest BCUT2D eigenvalue weighted by molar-refractivity contribution is 7.99. The Kier molecular flexibility index (Phi) is 5.43. The first-order valence-corrected chi connectivity index (χ1v) is 11.6. The van der Waals surface area contributed by atoms with E-state index in [0.29, 0.717) is 16.4 Å². The van der Waals surface area contributed by atoms with Crippen molar-refractivity contribution in [3.63, 3.8) is 0 Å². The van der Waals surface area contributed by atoms with Crippen LogP contribution in [0.4, 0.5) is 14.9 Å². The maximum Gasteiger partial charge on any atom is 0.412 e. The average Bonchev–Trinajstić information content (AvgIpc) is 3.39. The largest absolute Gasteiger partial charge is 0.465 e. The molecule has 5 rings (SSSR count). The SMILES string of the molecule is Cn1cc(-c2cc(F)c3nnc(Sc4ccc5ncc(N(C(=O)O)C(C)(C)C)cc5c4)n3c2)cn1. The molecule has 11 heteroatoms. The third-order valence-corrected chi connectivity index (χ3v) is 6.39. The van der Waals surface area contributed by atoms with Crippen molar-refractivity contribution in [2.75, 3.05) is 4.90 Å². The summed E-state index contributed by atoms with van der Waals surface area (Å²) in [5, 5.41) is 23.4. The lowest BCUT2D eigenvalue weighted by Crippen LogP contribution is -2.45. The molecule has 0 bridgehead atoms. The van der Waals surface area contributed by atoms with Crippen molar-refractivity contribution in [3.05, 3.63) is 60.9 Å². The molecule has 0 fully saturated rings. The number of pyridine rings is 2. The van der Waals surface area contributed by atoms with Crippen molar-refractivity contribution >= 4 is 40.1 Å². The van der Waals surface area contributed by atoms with Crippen LogP contribution in [0.15, 0.2) is 65.2 Å². The third kappa shape index (κ3) is 4.30. The van der Waals surface area contributed by atoms with Gasteiger partial charge in [-0.25, -0.2) is 9.18 Å². The zero-order chi connectivity index (χ0) is 24.9. The molecule has 178 valence electrons. The molecular formula is C24H22FN7O2S. The van der Waals surface area contributed by atoms with Crippen LogP contribution < -0.4 is 4.90 Å². The molecule has 1 aromatic carbocycles. The molecule has 1 amide bonds. The van der Waals surface area contributed by atoms with E-state index in [1.165, 1.54) is 22.7 Å². The van der Waals surface area contributed by atoms with Gasteiger partial charge in [0.15, 0.2) is 11.5 Å². The summed E-state index contributed by atoms with van der Waals surface area (Å²) < 4.78 is 18.0. The number of benzene rings is 1. The molecular weight excluding hydrogens is 469 g/mol. The van der Waals surface area contributed by atoms with Gasteiger partial charge in [0.2, 0.25) is 5.16 Å². The van der Waals surface area contributed by atoms with Gasteiger partial charge in [-0.05, 0) is 62.9 Å².